The van der Waals surface area contributed by atoms with Crippen LogP contribution in [0.2, 0.25) is 0 Å². The van der Waals surface area contributed by atoms with E-state index in [1.807, 2.05) is 0 Å². The number of rotatable bonds is 5. The lowest BCUT2D eigenvalue weighted by atomic mass is 10.2. The number of hydrogen-bond donors (Lipinski definition) is 0. The zero-order chi connectivity index (χ0) is 15.3. The second kappa shape index (κ2) is 7.30. The molecule has 0 unspecified atom stereocenters. The quantitative estimate of drug-likeness (QED) is 0.414. The molecule has 0 spiro atoms. The molecule has 4 nitrogen and oxygen atoms in total. The Morgan fingerprint density at radius 3 is 2.65 bits per heavy atom. The SMILES string of the molecule is CCOC(=O)Cc1c(I)cc(CCl)nc1OC(F)(F)F. The Morgan fingerprint density at radius 1 is 1.50 bits per heavy atom. The van der Waals surface area contributed by atoms with Crippen LogP contribution in [0.4, 0.5) is 13.2 Å². The predicted molar refractivity (Wildman–Crippen MR) is 73.5 cm³/mol. The molecular formula is C11H10ClF3INO3. The van der Waals surface area contributed by atoms with Gasteiger partial charge in [-0.1, -0.05) is 0 Å². The summed E-state index contributed by atoms with van der Waals surface area (Å²) in [5.41, 5.74) is 0.248. The van der Waals surface area contributed by atoms with Crippen molar-refractivity contribution in [2.24, 2.45) is 0 Å². The average molecular weight is 424 g/mol. The molecule has 1 aromatic rings. The van der Waals surface area contributed by atoms with Crippen LogP contribution in [0.1, 0.15) is 18.2 Å². The highest BCUT2D eigenvalue weighted by Gasteiger charge is 2.34. The summed E-state index contributed by atoms with van der Waals surface area (Å²) in [4.78, 5) is 15.1. The zero-order valence-electron chi connectivity index (χ0n) is 10.3. The molecule has 0 radical (unpaired) electrons. The largest absolute Gasteiger partial charge is 0.574 e. The highest BCUT2D eigenvalue weighted by molar-refractivity contribution is 14.1. The maximum absolute atomic E-state index is 12.4. The van der Waals surface area contributed by atoms with Crippen molar-refractivity contribution in [2.45, 2.75) is 25.6 Å². The van der Waals surface area contributed by atoms with Crippen LogP contribution in [0.3, 0.4) is 0 Å². The van der Waals surface area contributed by atoms with Crippen LogP contribution in [0.5, 0.6) is 5.88 Å². The van der Waals surface area contributed by atoms with Gasteiger partial charge in [-0.3, -0.25) is 4.79 Å². The molecule has 0 fully saturated rings. The van der Waals surface area contributed by atoms with Gasteiger partial charge < -0.3 is 9.47 Å². The highest BCUT2D eigenvalue weighted by Crippen LogP contribution is 2.29. The molecule has 0 aliphatic heterocycles. The van der Waals surface area contributed by atoms with Crippen LogP contribution >= 0.6 is 34.2 Å². The van der Waals surface area contributed by atoms with Crippen LogP contribution in [0.15, 0.2) is 6.07 Å². The van der Waals surface area contributed by atoms with E-state index in [2.05, 4.69) is 9.72 Å². The molecule has 0 saturated heterocycles. The highest BCUT2D eigenvalue weighted by atomic mass is 127. The first kappa shape index (κ1) is 17.3. The van der Waals surface area contributed by atoms with Crippen molar-refractivity contribution < 1.29 is 27.4 Å². The number of esters is 1. The number of nitrogens with zero attached hydrogens (tertiary/aromatic N) is 1. The van der Waals surface area contributed by atoms with Crippen molar-refractivity contribution in [2.75, 3.05) is 6.61 Å². The van der Waals surface area contributed by atoms with Crippen LogP contribution in [0, 0.1) is 3.57 Å². The van der Waals surface area contributed by atoms with Crippen molar-refractivity contribution in [1.82, 2.24) is 4.98 Å². The van der Waals surface area contributed by atoms with Gasteiger partial charge >= 0.3 is 12.3 Å². The molecule has 0 amide bonds. The van der Waals surface area contributed by atoms with E-state index in [0.29, 0.717) is 3.57 Å². The van der Waals surface area contributed by atoms with E-state index in [1.54, 1.807) is 29.5 Å². The lowest BCUT2D eigenvalue weighted by Crippen LogP contribution is -2.21. The van der Waals surface area contributed by atoms with Gasteiger partial charge in [-0.15, -0.1) is 24.8 Å². The van der Waals surface area contributed by atoms with Crippen molar-refractivity contribution in [3.05, 3.63) is 20.9 Å². The van der Waals surface area contributed by atoms with Crippen molar-refractivity contribution >= 4 is 40.2 Å². The van der Waals surface area contributed by atoms with Gasteiger partial charge in [0.1, 0.15) is 0 Å². The van der Waals surface area contributed by atoms with Crippen LogP contribution in [-0.4, -0.2) is 23.9 Å². The van der Waals surface area contributed by atoms with E-state index >= 15 is 0 Å². The van der Waals surface area contributed by atoms with Gasteiger partial charge in [-0.05, 0) is 35.6 Å². The Morgan fingerprint density at radius 2 is 2.15 bits per heavy atom. The van der Waals surface area contributed by atoms with Crippen molar-refractivity contribution in [1.29, 1.82) is 0 Å². The zero-order valence-corrected chi connectivity index (χ0v) is 13.2. The van der Waals surface area contributed by atoms with Gasteiger partial charge in [0.15, 0.2) is 0 Å². The number of ether oxygens (including phenoxy) is 2. The van der Waals surface area contributed by atoms with Gasteiger partial charge in [0.2, 0.25) is 5.88 Å². The second-order valence-electron chi connectivity index (χ2n) is 3.54. The number of hydrogen-bond acceptors (Lipinski definition) is 4. The molecular weight excluding hydrogens is 413 g/mol. The first-order chi connectivity index (χ1) is 9.26. The molecule has 0 saturated carbocycles. The number of halogens is 5. The van der Waals surface area contributed by atoms with E-state index in [4.69, 9.17) is 16.3 Å². The summed E-state index contributed by atoms with van der Waals surface area (Å²) in [5, 5.41) is 0. The third-order valence-electron chi connectivity index (χ3n) is 2.06. The third kappa shape index (κ3) is 5.31. The third-order valence-corrected chi connectivity index (χ3v) is 3.30. The second-order valence-corrected chi connectivity index (χ2v) is 4.97. The molecule has 0 N–H and O–H groups in total. The summed E-state index contributed by atoms with van der Waals surface area (Å²) in [6.07, 6.45) is -5.25. The van der Waals surface area contributed by atoms with Gasteiger partial charge in [0.05, 0.1) is 24.6 Å². The summed E-state index contributed by atoms with van der Waals surface area (Å²) in [5.74, 6) is -1.39. The fraction of sp³-hybridized carbons (Fsp3) is 0.455. The first-order valence-corrected chi connectivity index (χ1v) is 7.03. The monoisotopic (exact) mass is 423 g/mol. The minimum absolute atomic E-state index is 0.0234. The molecule has 0 aliphatic carbocycles. The number of pyridine rings is 1. The molecule has 1 rings (SSSR count). The van der Waals surface area contributed by atoms with E-state index in [1.165, 1.54) is 6.07 Å². The maximum atomic E-state index is 12.4. The van der Waals surface area contributed by atoms with Crippen LogP contribution < -0.4 is 4.74 Å². The lowest BCUT2D eigenvalue weighted by molar-refractivity contribution is -0.276. The summed E-state index contributed by atoms with van der Waals surface area (Å²) >= 11 is 7.35. The van der Waals surface area contributed by atoms with Crippen molar-refractivity contribution in [3.63, 3.8) is 0 Å². The lowest BCUT2D eigenvalue weighted by Gasteiger charge is -2.14. The van der Waals surface area contributed by atoms with Gasteiger partial charge in [0, 0.05) is 9.13 Å². The molecule has 9 heteroatoms. The molecule has 0 bridgehead atoms. The standard InChI is InChI=1S/C11H10ClF3INO3/c1-2-19-9(18)4-7-8(16)3-6(5-12)17-10(7)20-11(13,14)15/h3H,2,4-5H2,1H3. The number of carbonyl (C=O) groups excluding carboxylic acids is 1. The van der Waals surface area contributed by atoms with Gasteiger partial charge in [-0.25, -0.2) is 4.98 Å². The van der Waals surface area contributed by atoms with Gasteiger partial charge in [-0.2, -0.15) is 0 Å². The summed E-state index contributed by atoms with van der Waals surface area (Å²) in [7, 11) is 0. The van der Waals surface area contributed by atoms with E-state index < -0.39 is 18.2 Å². The summed E-state index contributed by atoms with van der Waals surface area (Å²) in [6.45, 7) is 1.74. The fourth-order valence-corrected chi connectivity index (χ4v) is 2.26. The molecule has 20 heavy (non-hydrogen) atoms. The van der Waals surface area contributed by atoms with Crippen LogP contribution in [0.25, 0.3) is 0 Å². The summed E-state index contributed by atoms with van der Waals surface area (Å²) in [6, 6.07) is 1.49. The van der Waals surface area contributed by atoms with Crippen LogP contribution in [-0.2, 0) is 21.8 Å². The number of carbonyl (C=O) groups is 1. The predicted octanol–water partition coefficient (Wildman–Crippen LogP) is 3.43. The van der Waals surface area contributed by atoms with E-state index in [-0.39, 0.29) is 30.2 Å². The van der Waals surface area contributed by atoms with E-state index in [0.717, 1.165) is 0 Å². The topological polar surface area (TPSA) is 48.4 Å². The van der Waals surface area contributed by atoms with E-state index in [9.17, 15) is 18.0 Å². The first-order valence-electron chi connectivity index (χ1n) is 5.42. The average Bonchev–Trinajstić information content (AvgIpc) is 2.31. The Labute approximate surface area is 131 Å². The summed E-state index contributed by atoms with van der Waals surface area (Å²) < 4.78 is 46.0. The molecule has 0 atom stereocenters. The Bertz CT molecular complexity index is 497. The molecule has 0 aliphatic rings. The van der Waals surface area contributed by atoms with Crippen molar-refractivity contribution in [3.8, 4) is 5.88 Å². The minimum atomic E-state index is -4.90. The molecule has 1 aromatic heterocycles. The number of alkyl halides is 4. The maximum Gasteiger partial charge on any atom is 0.574 e. The minimum Gasteiger partial charge on any atom is -0.466 e. The Kier molecular flexibility index (Phi) is 6.31. The normalized spacial score (nSPS) is 11.3. The molecule has 0 aromatic carbocycles. The smallest absolute Gasteiger partial charge is 0.466 e. The molecule has 112 valence electrons. The number of aromatic nitrogens is 1. The molecule has 1 heterocycles. The fourth-order valence-electron chi connectivity index (χ4n) is 1.34. The van der Waals surface area contributed by atoms with Gasteiger partial charge in [0.25, 0.3) is 0 Å². The Hall–Kier alpha value is -0.770. The Balaban J connectivity index is 3.15.